The predicted octanol–water partition coefficient (Wildman–Crippen LogP) is 0.110. The van der Waals surface area contributed by atoms with Crippen molar-refractivity contribution >= 4 is 10.0 Å². The highest BCUT2D eigenvalue weighted by Gasteiger charge is 2.02. The Labute approximate surface area is 55.8 Å². The van der Waals surface area contributed by atoms with Crippen LogP contribution < -0.4 is 4.72 Å². The second kappa shape index (κ2) is 2.98. The number of hydrogen-bond donors (Lipinski definition) is 1. The summed E-state index contributed by atoms with van der Waals surface area (Å²) in [6.07, 6.45) is 2.65. The first-order chi connectivity index (χ1) is 3.95. The van der Waals surface area contributed by atoms with Gasteiger partial charge in [-0.05, 0) is 6.92 Å². The molecule has 0 aromatic rings. The van der Waals surface area contributed by atoms with Crippen molar-refractivity contribution in [3.05, 3.63) is 12.7 Å². The van der Waals surface area contributed by atoms with E-state index in [-0.39, 0.29) is 6.04 Å². The van der Waals surface area contributed by atoms with E-state index in [0.29, 0.717) is 0 Å². The van der Waals surface area contributed by atoms with E-state index in [1.807, 2.05) is 0 Å². The summed E-state index contributed by atoms with van der Waals surface area (Å²) in [4.78, 5) is 0. The average Bonchev–Trinajstić information content (AvgIpc) is 1.62. The maximum atomic E-state index is 10.4. The molecule has 0 bridgehead atoms. The molecule has 4 heteroatoms. The van der Waals surface area contributed by atoms with Gasteiger partial charge >= 0.3 is 0 Å². The van der Waals surface area contributed by atoms with Gasteiger partial charge in [0.05, 0.1) is 6.26 Å². The van der Waals surface area contributed by atoms with E-state index in [9.17, 15) is 8.42 Å². The van der Waals surface area contributed by atoms with Crippen LogP contribution in [0.25, 0.3) is 0 Å². The molecule has 0 aromatic heterocycles. The zero-order valence-electron chi connectivity index (χ0n) is 5.59. The van der Waals surface area contributed by atoms with Crippen LogP contribution in [0.3, 0.4) is 0 Å². The van der Waals surface area contributed by atoms with Gasteiger partial charge in [0.2, 0.25) is 10.0 Å². The lowest BCUT2D eigenvalue weighted by molar-refractivity contribution is 0.582. The lowest BCUT2D eigenvalue weighted by Gasteiger charge is -2.04. The number of sulfonamides is 1. The summed E-state index contributed by atoms with van der Waals surface area (Å²) < 4.78 is 23.2. The first kappa shape index (κ1) is 8.65. The molecule has 3 nitrogen and oxygen atoms in total. The highest BCUT2D eigenvalue weighted by molar-refractivity contribution is 7.88. The standard InChI is InChI=1S/C5H11NO2S/c1-4-5(2)6-9(3,7)8/h4-6H,1H2,2-3H3/t5-/m0/s1. The molecule has 0 saturated heterocycles. The fraction of sp³-hybridized carbons (Fsp3) is 0.600. The molecule has 0 fully saturated rings. The Balaban J connectivity index is 3.89. The highest BCUT2D eigenvalue weighted by Crippen LogP contribution is 1.83. The molecule has 0 unspecified atom stereocenters. The second-order valence-electron chi connectivity index (χ2n) is 1.91. The van der Waals surface area contributed by atoms with E-state index in [2.05, 4.69) is 11.3 Å². The smallest absolute Gasteiger partial charge is 0.209 e. The van der Waals surface area contributed by atoms with Crippen molar-refractivity contribution in [2.45, 2.75) is 13.0 Å². The van der Waals surface area contributed by atoms with Crippen molar-refractivity contribution in [2.24, 2.45) is 0 Å². The summed E-state index contributed by atoms with van der Waals surface area (Å²) >= 11 is 0. The molecule has 54 valence electrons. The summed E-state index contributed by atoms with van der Waals surface area (Å²) in [6.45, 7) is 5.13. The maximum absolute atomic E-state index is 10.4. The summed E-state index contributed by atoms with van der Waals surface area (Å²) in [5, 5.41) is 0. The fourth-order valence-electron chi connectivity index (χ4n) is 0.386. The topological polar surface area (TPSA) is 46.2 Å². The van der Waals surface area contributed by atoms with Crippen LogP contribution in [0.2, 0.25) is 0 Å². The SMILES string of the molecule is C=C[C@H](C)NS(C)(=O)=O. The molecule has 0 radical (unpaired) electrons. The van der Waals surface area contributed by atoms with Gasteiger partial charge in [0, 0.05) is 6.04 Å². The van der Waals surface area contributed by atoms with Crippen molar-refractivity contribution in [2.75, 3.05) is 6.26 Å². The normalized spacial score (nSPS) is 14.9. The first-order valence-electron chi connectivity index (χ1n) is 2.55. The maximum Gasteiger partial charge on any atom is 0.209 e. The Morgan fingerprint density at radius 2 is 2.11 bits per heavy atom. The quantitative estimate of drug-likeness (QED) is 0.579. The van der Waals surface area contributed by atoms with E-state index in [0.717, 1.165) is 6.26 Å². The monoisotopic (exact) mass is 149 g/mol. The minimum atomic E-state index is -3.06. The highest BCUT2D eigenvalue weighted by atomic mass is 32.2. The van der Waals surface area contributed by atoms with Gasteiger partial charge in [0.15, 0.2) is 0 Å². The third-order valence-electron chi connectivity index (χ3n) is 0.754. The van der Waals surface area contributed by atoms with Gasteiger partial charge in [0.25, 0.3) is 0 Å². The van der Waals surface area contributed by atoms with E-state index >= 15 is 0 Å². The molecular formula is C5H11NO2S. The van der Waals surface area contributed by atoms with Gasteiger partial charge in [-0.2, -0.15) is 0 Å². The van der Waals surface area contributed by atoms with Crippen molar-refractivity contribution in [1.82, 2.24) is 4.72 Å². The van der Waals surface area contributed by atoms with Gasteiger partial charge in [-0.15, -0.1) is 6.58 Å². The minimum absolute atomic E-state index is 0.181. The Hall–Kier alpha value is -0.350. The number of hydrogen-bond acceptors (Lipinski definition) is 2. The third-order valence-corrected chi connectivity index (χ3v) is 1.55. The van der Waals surface area contributed by atoms with Gasteiger partial charge in [0.1, 0.15) is 0 Å². The molecule has 9 heavy (non-hydrogen) atoms. The van der Waals surface area contributed by atoms with Crippen molar-refractivity contribution in [3.63, 3.8) is 0 Å². The Morgan fingerprint density at radius 1 is 1.67 bits per heavy atom. The zero-order valence-corrected chi connectivity index (χ0v) is 6.40. The van der Waals surface area contributed by atoms with Crippen LogP contribution >= 0.6 is 0 Å². The van der Waals surface area contributed by atoms with Crippen molar-refractivity contribution < 1.29 is 8.42 Å². The van der Waals surface area contributed by atoms with Crippen LogP contribution in [0.1, 0.15) is 6.92 Å². The van der Waals surface area contributed by atoms with Gasteiger partial charge in [-0.3, -0.25) is 0 Å². The van der Waals surface area contributed by atoms with Gasteiger partial charge in [-0.1, -0.05) is 6.08 Å². The van der Waals surface area contributed by atoms with Crippen LogP contribution in [0, 0.1) is 0 Å². The molecule has 0 rings (SSSR count). The molecule has 1 atom stereocenters. The van der Waals surface area contributed by atoms with Crippen LogP contribution in [0.4, 0.5) is 0 Å². The molecular weight excluding hydrogens is 138 g/mol. The van der Waals surface area contributed by atoms with Gasteiger partial charge in [-0.25, -0.2) is 13.1 Å². The minimum Gasteiger partial charge on any atom is -0.213 e. The molecule has 0 spiro atoms. The van der Waals surface area contributed by atoms with Crippen LogP contribution in [-0.4, -0.2) is 20.7 Å². The predicted molar refractivity (Wildman–Crippen MR) is 37.6 cm³/mol. The number of rotatable bonds is 3. The summed E-state index contributed by atoms with van der Waals surface area (Å²) in [6, 6.07) is -0.181. The second-order valence-corrected chi connectivity index (χ2v) is 3.69. The van der Waals surface area contributed by atoms with Crippen molar-refractivity contribution in [3.8, 4) is 0 Å². The van der Waals surface area contributed by atoms with Crippen LogP contribution in [0.5, 0.6) is 0 Å². The van der Waals surface area contributed by atoms with Crippen LogP contribution in [0.15, 0.2) is 12.7 Å². The Bertz CT molecular complexity index is 183. The molecule has 0 heterocycles. The van der Waals surface area contributed by atoms with Crippen LogP contribution in [-0.2, 0) is 10.0 Å². The van der Waals surface area contributed by atoms with E-state index in [1.54, 1.807) is 6.92 Å². The molecule has 1 N–H and O–H groups in total. The largest absolute Gasteiger partial charge is 0.213 e. The number of nitrogens with one attached hydrogen (secondary N) is 1. The summed E-state index contributed by atoms with van der Waals surface area (Å²) in [7, 11) is -3.06. The molecule has 0 aliphatic carbocycles. The summed E-state index contributed by atoms with van der Waals surface area (Å²) in [5.74, 6) is 0. The van der Waals surface area contributed by atoms with Gasteiger partial charge < -0.3 is 0 Å². The van der Waals surface area contributed by atoms with E-state index in [1.165, 1.54) is 6.08 Å². The third kappa shape index (κ3) is 5.52. The summed E-state index contributed by atoms with van der Waals surface area (Å²) in [5.41, 5.74) is 0. The molecule has 0 aromatic carbocycles. The lowest BCUT2D eigenvalue weighted by Crippen LogP contribution is -2.29. The Kier molecular flexibility index (Phi) is 2.87. The Morgan fingerprint density at radius 3 is 2.22 bits per heavy atom. The van der Waals surface area contributed by atoms with E-state index < -0.39 is 10.0 Å². The first-order valence-corrected chi connectivity index (χ1v) is 4.44. The zero-order chi connectivity index (χ0) is 7.49. The molecule has 0 aliphatic rings. The fourth-order valence-corrected chi connectivity index (χ4v) is 1.16. The molecule has 0 amide bonds. The lowest BCUT2D eigenvalue weighted by atomic mass is 10.4. The molecule has 0 aliphatic heterocycles. The van der Waals surface area contributed by atoms with E-state index in [4.69, 9.17) is 0 Å². The molecule has 0 saturated carbocycles. The average molecular weight is 149 g/mol. The van der Waals surface area contributed by atoms with Crippen molar-refractivity contribution in [1.29, 1.82) is 0 Å².